The van der Waals surface area contributed by atoms with Gasteiger partial charge in [0, 0.05) is 38.3 Å². The van der Waals surface area contributed by atoms with Gasteiger partial charge in [-0.2, -0.15) is 4.98 Å². The Hall–Kier alpha value is -2.25. The minimum absolute atomic E-state index is 0.108. The number of amides is 1. The van der Waals surface area contributed by atoms with Crippen molar-refractivity contribution in [2.24, 2.45) is 5.92 Å². The van der Waals surface area contributed by atoms with Gasteiger partial charge >= 0.3 is 0 Å². The van der Waals surface area contributed by atoms with E-state index in [1.54, 1.807) is 0 Å². The normalized spacial score (nSPS) is 16.0. The van der Waals surface area contributed by atoms with Gasteiger partial charge in [0.2, 0.25) is 17.6 Å². The second kappa shape index (κ2) is 9.10. The molecular weight excluding hydrogens is 342 g/mol. The van der Waals surface area contributed by atoms with Gasteiger partial charge < -0.3 is 9.84 Å². The lowest BCUT2D eigenvalue weighted by molar-refractivity contribution is -0.122. The number of aromatic nitrogens is 2. The van der Waals surface area contributed by atoms with Gasteiger partial charge in [0.15, 0.2) is 0 Å². The molecule has 0 unspecified atom stereocenters. The van der Waals surface area contributed by atoms with Crippen LogP contribution in [0.4, 0.5) is 0 Å². The van der Waals surface area contributed by atoms with Gasteiger partial charge in [-0.15, -0.1) is 0 Å². The van der Waals surface area contributed by atoms with Gasteiger partial charge in [0.05, 0.1) is 13.1 Å². The number of nitrogens with zero attached hydrogens (tertiary/aromatic N) is 4. The van der Waals surface area contributed by atoms with Gasteiger partial charge in [0.25, 0.3) is 0 Å². The summed E-state index contributed by atoms with van der Waals surface area (Å²) in [7, 11) is 0. The van der Waals surface area contributed by atoms with Crippen LogP contribution in [0.3, 0.4) is 0 Å². The molecule has 3 rings (SSSR count). The Morgan fingerprint density at radius 2 is 1.81 bits per heavy atom. The van der Waals surface area contributed by atoms with Gasteiger partial charge in [-0.05, 0) is 12.8 Å². The van der Waals surface area contributed by atoms with Crippen LogP contribution in [0.5, 0.6) is 0 Å². The van der Waals surface area contributed by atoms with E-state index in [2.05, 4.69) is 46.0 Å². The quantitative estimate of drug-likeness (QED) is 0.802. The van der Waals surface area contributed by atoms with Crippen LogP contribution in [-0.4, -0.2) is 65.1 Å². The Morgan fingerprint density at radius 3 is 2.48 bits per heavy atom. The Bertz CT molecular complexity index is 733. The molecule has 0 atom stereocenters. The lowest BCUT2D eigenvalue weighted by atomic mass is 10.1. The average Bonchev–Trinajstić information content (AvgIpc) is 3.11. The van der Waals surface area contributed by atoms with E-state index in [1.807, 2.05) is 24.3 Å². The zero-order valence-electron chi connectivity index (χ0n) is 16.4. The van der Waals surface area contributed by atoms with Gasteiger partial charge in [-0.3, -0.25) is 14.6 Å². The first-order chi connectivity index (χ1) is 13.0. The summed E-state index contributed by atoms with van der Waals surface area (Å²) >= 11 is 0. The highest BCUT2D eigenvalue weighted by Crippen LogP contribution is 2.17. The summed E-state index contributed by atoms with van der Waals surface area (Å²) < 4.78 is 5.42. The Kier molecular flexibility index (Phi) is 6.58. The largest absolute Gasteiger partial charge is 0.355 e. The van der Waals surface area contributed by atoms with Gasteiger partial charge in [-0.1, -0.05) is 48.8 Å². The second-order valence-corrected chi connectivity index (χ2v) is 7.63. The van der Waals surface area contributed by atoms with Crippen LogP contribution >= 0.6 is 0 Å². The van der Waals surface area contributed by atoms with E-state index in [0.717, 1.165) is 38.3 Å². The first kappa shape index (κ1) is 19.5. The van der Waals surface area contributed by atoms with Crippen molar-refractivity contribution in [2.75, 3.05) is 39.3 Å². The highest BCUT2D eigenvalue weighted by Gasteiger charge is 2.21. The van der Waals surface area contributed by atoms with Crippen molar-refractivity contribution in [3.8, 4) is 11.4 Å². The molecule has 2 aromatic rings. The summed E-state index contributed by atoms with van der Waals surface area (Å²) in [6, 6.07) is 8.10. The van der Waals surface area contributed by atoms with E-state index in [0.29, 0.717) is 30.7 Å². The third kappa shape index (κ3) is 5.87. The predicted molar refractivity (Wildman–Crippen MR) is 104 cm³/mol. The molecule has 1 aliphatic rings. The summed E-state index contributed by atoms with van der Waals surface area (Å²) in [5.41, 5.74) is 2.17. The predicted octanol–water partition coefficient (Wildman–Crippen LogP) is 1.93. The number of rotatable bonds is 7. The van der Waals surface area contributed by atoms with Crippen molar-refractivity contribution in [3.05, 3.63) is 35.7 Å². The zero-order chi connectivity index (χ0) is 19.2. The molecule has 146 valence electrons. The maximum Gasteiger partial charge on any atom is 0.241 e. The molecule has 1 amide bonds. The SMILES string of the molecule is Cc1ccc(-c2noc(CN3CCN(CC(=O)NCC(C)C)CC3)n2)cc1. The Balaban J connectivity index is 1.44. The fourth-order valence-corrected chi connectivity index (χ4v) is 3.01. The highest BCUT2D eigenvalue weighted by molar-refractivity contribution is 5.78. The van der Waals surface area contributed by atoms with Gasteiger partial charge in [-0.25, -0.2) is 0 Å². The van der Waals surface area contributed by atoms with E-state index in [1.165, 1.54) is 5.56 Å². The number of carbonyl (C=O) groups excluding carboxylic acids is 1. The summed E-state index contributed by atoms with van der Waals surface area (Å²) in [5.74, 6) is 1.85. The molecule has 1 saturated heterocycles. The number of nitrogens with one attached hydrogen (secondary N) is 1. The zero-order valence-corrected chi connectivity index (χ0v) is 16.4. The Morgan fingerprint density at radius 1 is 1.15 bits per heavy atom. The number of aryl methyl sites for hydroxylation is 1. The van der Waals surface area contributed by atoms with Crippen LogP contribution in [0.1, 0.15) is 25.3 Å². The average molecular weight is 371 g/mol. The molecule has 1 aliphatic heterocycles. The summed E-state index contributed by atoms with van der Waals surface area (Å²) in [6.45, 7) is 11.6. The van der Waals surface area contributed by atoms with Crippen molar-refractivity contribution >= 4 is 5.91 Å². The maximum absolute atomic E-state index is 11.9. The van der Waals surface area contributed by atoms with E-state index in [-0.39, 0.29) is 5.91 Å². The number of hydrogen-bond donors (Lipinski definition) is 1. The van der Waals surface area contributed by atoms with E-state index >= 15 is 0 Å². The number of carbonyl (C=O) groups is 1. The molecule has 1 N–H and O–H groups in total. The number of benzene rings is 1. The Labute approximate surface area is 160 Å². The third-order valence-corrected chi connectivity index (χ3v) is 4.68. The standard InChI is InChI=1S/C20H29N5O2/c1-15(2)12-21-18(26)13-24-8-10-25(11-9-24)14-19-22-20(23-27-19)17-6-4-16(3)5-7-17/h4-7,15H,8-14H2,1-3H3,(H,21,26). The monoisotopic (exact) mass is 371 g/mol. The molecule has 0 bridgehead atoms. The molecule has 7 heteroatoms. The first-order valence-electron chi connectivity index (χ1n) is 9.60. The van der Waals surface area contributed by atoms with Gasteiger partial charge in [0.1, 0.15) is 0 Å². The molecule has 0 spiro atoms. The van der Waals surface area contributed by atoms with Crippen molar-refractivity contribution < 1.29 is 9.32 Å². The fraction of sp³-hybridized carbons (Fsp3) is 0.550. The summed E-state index contributed by atoms with van der Waals surface area (Å²) in [4.78, 5) is 20.9. The molecule has 0 aliphatic carbocycles. The molecule has 7 nitrogen and oxygen atoms in total. The molecule has 1 aromatic carbocycles. The maximum atomic E-state index is 11.9. The van der Waals surface area contributed by atoms with Crippen molar-refractivity contribution in [1.29, 1.82) is 0 Å². The topological polar surface area (TPSA) is 74.5 Å². The van der Waals surface area contributed by atoms with Crippen LogP contribution in [0.2, 0.25) is 0 Å². The lowest BCUT2D eigenvalue weighted by Crippen LogP contribution is -2.49. The minimum Gasteiger partial charge on any atom is -0.355 e. The third-order valence-electron chi connectivity index (χ3n) is 4.68. The van der Waals surface area contributed by atoms with Crippen molar-refractivity contribution in [1.82, 2.24) is 25.3 Å². The molecule has 2 heterocycles. The highest BCUT2D eigenvalue weighted by atomic mass is 16.5. The number of hydrogen-bond acceptors (Lipinski definition) is 6. The lowest BCUT2D eigenvalue weighted by Gasteiger charge is -2.33. The van der Waals surface area contributed by atoms with Crippen LogP contribution in [-0.2, 0) is 11.3 Å². The van der Waals surface area contributed by atoms with Crippen LogP contribution in [0, 0.1) is 12.8 Å². The number of piperazine rings is 1. The van der Waals surface area contributed by atoms with Crippen molar-refractivity contribution in [2.45, 2.75) is 27.3 Å². The second-order valence-electron chi connectivity index (χ2n) is 7.63. The van der Waals surface area contributed by atoms with E-state index < -0.39 is 0 Å². The fourth-order valence-electron chi connectivity index (χ4n) is 3.01. The molecular formula is C20H29N5O2. The van der Waals surface area contributed by atoms with E-state index in [9.17, 15) is 4.79 Å². The molecule has 27 heavy (non-hydrogen) atoms. The first-order valence-corrected chi connectivity index (χ1v) is 9.60. The summed E-state index contributed by atoms with van der Waals surface area (Å²) in [5, 5.41) is 7.07. The smallest absolute Gasteiger partial charge is 0.241 e. The van der Waals surface area contributed by atoms with Crippen LogP contribution < -0.4 is 5.32 Å². The molecule has 0 radical (unpaired) electrons. The molecule has 1 fully saturated rings. The molecule has 0 saturated carbocycles. The minimum atomic E-state index is 0.108. The summed E-state index contributed by atoms with van der Waals surface area (Å²) in [6.07, 6.45) is 0. The van der Waals surface area contributed by atoms with E-state index in [4.69, 9.17) is 4.52 Å². The molecule has 1 aromatic heterocycles. The van der Waals surface area contributed by atoms with Crippen LogP contribution in [0.15, 0.2) is 28.8 Å². The van der Waals surface area contributed by atoms with Crippen LogP contribution in [0.25, 0.3) is 11.4 Å². The van der Waals surface area contributed by atoms with Crippen molar-refractivity contribution in [3.63, 3.8) is 0 Å².